The van der Waals surface area contributed by atoms with Gasteiger partial charge in [0.05, 0.1) is 12.2 Å². The molecule has 0 aliphatic rings. The zero-order chi connectivity index (χ0) is 17.1. The average molecular weight is 324 g/mol. The Balaban J connectivity index is 2.55. The zero-order valence-corrected chi connectivity index (χ0v) is 14.7. The molecule has 7 heteroatoms. The van der Waals surface area contributed by atoms with E-state index in [1.807, 2.05) is 26.0 Å². The van der Waals surface area contributed by atoms with Gasteiger partial charge in [0.1, 0.15) is 6.61 Å². The van der Waals surface area contributed by atoms with Crippen LogP contribution in [0.2, 0.25) is 0 Å². The summed E-state index contributed by atoms with van der Waals surface area (Å²) in [6, 6.07) is 3.85. The molecule has 0 saturated carbocycles. The Bertz CT molecular complexity index is 492. The van der Waals surface area contributed by atoms with Crippen molar-refractivity contribution in [2.75, 3.05) is 41.0 Å². The smallest absolute Gasteiger partial charge is 0.218 e. The number of rotatable bonds is 9. The van der Waals surface area contributed by atoms with Crippen molar-refractivity contribution in [3.05, 3.63) is 23.9 Å². The maximum absolute atomic E-state index is 5.62. The Morgan fingerprint density at radius 3 is 2.70 bits per heavy atom. The van der Waals surface area contributed by atoms with E-state index in [4.69, 9.17) is 14.2 Å². The van der Waals surface area contributed by atoms with Gasteiger partial charge in [-0.05, 0) is 19.9 Å². The molecule has 0 fully saturated rings. The molecule has 1 heterocycles. The lowest BCUT2D eigenvalue weighted by molar-refractivity contribution is 0.0268. The molecule has 0 saturated heterocycles. The first-order chi connectivity index (χ1) is 11.0. The minimum atomic E-state index is -0.264. The number of guanidine groups is 1. The number of hydrogen-bond acceptors (Lipinski definition) is 5. The van der Waals surface area contributed by atoms with Crippen LogP contribution in [0.3, 0.4) is 0 Å². The molecule has 130 valence electrons. The highest BCUT2D eigenvalue weighted by atomic mass is 16.5. The molecule has 1 rings (SSSR count). The molecule has 0 aromatic carbocycles. The van der Waals surface area contributed by atoms with E-state index in [0.29, 0.717) is 38.1 Å². The van der Waals surface area contributed by atoms with Crippen molar-refractivity contribution in [2.45, 2.75) is 26.0 Å². The molecule has 0 atom stereocenters. The Kier molecular flexibility index (Phi) is 8.36. The van der Waals surface area contributed by atoms with E-state index < -0.39 is 0 Å². The molecular formula is C16H28N4O3. The number of aliphatic imine (C=N–C) groups is 1. The van der Waals surface area contributed by atoms with E-state index in [2.05, 4.69) is 20.6 Å². The van der Waals surface area contributed by atoms with Crippen molar-refractivity contribution in [3.63, 3.8) is 0 Å². The van der Waals surface area contributed by atoms with Crippen molar-refractivity contribution < 1.29 is 14.2 Å². The number of hydrogen-bond donors (Lipinski definition) is 2. The molecule has 23 heavy (non-hydrogen) atoms. The topological polar surface area (TPSA) is 77.0 Å². The summed E-state index contributed by atoms with van der Waals surface area (Å²) in [7, 11) is 5.06. The predicted molar refractivity (Wildman–Crippen MR) is 90.9 cm³/mol. The second-order valence-electron chi connectivity index (χ2n) is 5.55. The highest BCUT2D eigenvalue weighted by Crippen LogP contribution is 2.13. The van der Waals surface area contributed by atoms with Crippen molar-refractivity contribution >= 4 is 5.96 Å². The van der Waals surface area contributed by atoms with Gasteiger partial charge < -0.3 is 24.8 Å². The average Bonchev–Trinajstić information content (AvgIpc) is 2.56. The summed E-state index contributed by atoms with van der Waals surface area (Å²) in [5, 5.41) is 6.48. The lowest BCUT2D eigenvalue weighted by Gasteiger charge is -2.24. The fraction of sp³-hybridized carbons (Fsp3) is 0.625. The highest BCUT2D eigenvalue weighted by Gasteiger charge is 2.16. The van der Waals surface area contributed by atoms with Crippen molar-refractivity contribution in [3.8, 4) is 5.88 Å². The summed E-state index contributed by atoms with van der Waals surface area (Å²) in [6.45, 7) is 6.22. The van der Waals surface area contributed by atoms with E-state index in [-0.39, 0.29) is 5.60 Å². The lowest BCUT2D eigenvalue weighted by atomic mass is 10.1. The third-order valence-electron chi connectivity index (χ3n) is 3.28. The van der Waals surface area contributed by atoms with Crippen molar-refractivity contribution in [1.82, 2.24) is 15.6 Å². The van der Waals surface area contributed by atoms with Gasteiger partial charge in [0.25, 0.3) is 0 Å². The summed E-state index contributed by atoms with van der Waals surface area (Å²) in [5.74, 6) is 1.30. The van der Waals surface area contributed by atoms with Crippen LogP contribution < -0.4 is 15.4 Å². The van der Waals surface area contributed by atoms with Crippen LogP contribution in [0.15, 0.2) is 23.3 Å². The van der Waals surface area contributed by atoms with Gasteiger partial charge in [0, 0.05) is 46.1 Å². The van der Waals surface area contributed by atoms with Crippen LogP contribution in [0.5, 0.6) is 5.88 Å². The molecule has 0 aliphatic heterocycles. The number of aromatic nitrogens is 1. The first kappa shape index (κ1) is 19.2. The van der Waals surface area contributed by atoms with Crippen LogP contribution in [0.25, 0.3) is 0 Å². The molecule has 0 unspecified atom stereocenters. The van der Waals surface area contributed by atoms with Crippen molar-refractivity contribution in [1.29, 1.82) is 0 Å². The molecule has 0 bridgehead atoms. The largest absolute Gasteiger partial charge is 0.475 e. The summed E-state index contributed by atoms with van der Waals surface area (Å²) in [5.41, 5.74) is 0.693. The minimum Gasteiger partial charge on any atom is -0.475 e. The van der Waals surface area contributed by atoms with Gasteiger partial charge in [-0.3, -0.25) is 4.99 Å². The summed E-state index contributed by atoms with van der Waals surface area (Å²) in [6.07, 6.45) is 1.71. The molecule has 7 nitrogen and oxygen atoms in total. The minimum absolute atomic E-state index is 0.264. The van der Waals surface area contributed by atoms with E-state index in [1.165, 1.54) is 0 Å². The van der Waals surface area contributed by atoms with Gasteiger partial charge in [0.2, 0.25) is 5.88 Å². The van der Waals surface area contributed by atoms with Gasteiger partial charge >= 0.3 is 0 Å². The summed E-state index contributed by atoms with van der Waals surface area (Å²) < 4.78 is 16.0. The van der Waals surface area contributed by atoms with E-state index >= 15 is 0 Å². The van der Waals surface area contributed by atoms with Gasteiger partial charge in [-0.2, -0.15) is 0 Å². The van der Waals surface area contributed by atoms with Crippen LogP contribution >= 0.6 is 0 Å². The second kappa shape index (κ2) is 10.0. The molecule has 1 aromatic heterocycles. The Labute approximate surface area is 138 Å². The highest BCUT2D eigenvalue weighted by molar-refractivity contribution is 5.79. The Morgan fingerprint density at radius 1 is 1.26 bits per heavy atom. The number of ether oxygens (including phenoxy) is 3. The fourth-order valence-electron chi connectivity index (χ4n) is 1.68. The van der Waals surface area contributed by atoms with E-state index in [9.17, 15) is 0 Å². The maximum Gasteiger partial charge on any atom is 0.218 e. The van der Waals surface area contributed by atoms with Gasteiger partial charge in [-0.25, -0.2) is 4.98 Å². The van der Waals surface area contributed by atoms with Crippen LogP contribution in [-0.4, -0.2) is 57.6 Å². The molecular weight excluding hydrogens is 296 g/mol. The van der Waals surface area contributed by atoms with Crippen LogP contribution in [0, 0.1) is 0 Å². The first-order valence-corrected chi connectivity index (χ1v) is 7.57. The maximum atomic E-state index is 5.62. The third kappa shape index (κ3) is 7.30. The first-order valence-electron chi connectivity index (χ1n) is 7.57. The van der Waals surface area contributed by atoms with Gasteiger partial charge in [-0.1, -0.05) is 6.07 Å². The monoisotopic (exact) mass is 324 g/mol. The standard InChI is InChI=1S/C16H28N4O3/c1-16(2,22-5)12-20-15(17-3)19-11-13-7-6-8-18-14(13)23-10-9-21-4/h6-8H,9-12H2,1-5H3,(H2,17,19,20). The molecule has 0 amide bonds. The van der Waals surface area contributed by atoms with Crippen LogP contribution in [0.4, 0.5) is 0 Å². The predicted octanol–water partition coefficient (Wildman–Crippen LogP) is 1.20. The quantitative estimate of drug-likeness (QED) is 0.404. The summed E-state index contributed by atoms with van der Waals surface area (Å²) >= 11 is 0. The molecule has 2 N–H and O–H groups in total. The molecule has 1 aromatic rings. The van der Waals surface area contributed by atoms with Crippen LogP contribution in [-0.2, 0) is 16.0 Å². The second-order valence-corrected chi connectivity index (χ2v) is 5.55. The fourth-order valence-corrected chi connectivity index (χ4v) is 1.68. The Hall–Kier alpha value is -1.86. The molecule has 0 aliphatic carbocycles. The lowest BCUT2D eigenvalue weighted by Crippen LogP contribution is -2.45. The van der Waals surface area contributed by atoms with Gasteiger partial charge in [0.15, 0.2) is 5.96 Å². The van der Waals surface area contributed by atoms with Gasteiger partial charge in [-0.15, -0.1) is 0 Å². The van der Waals surface area contributed by atoms with E-state index in [1.54, 1.807) is 27.5 Å². The SMILES string of the molecule is CN=C(NCc1cccnc1OCCOC)NCC(C)(C)OC. The summed E-state index contributed by atoms with van der Waals surface area (Å²) in [4.78, 5) is 8.46. The molecule has 0 radical (unpaired) electrons. The number of nitrogens with one attached hydrogen (secondary N) is 2. The third-order valence-corrected chi connectivity index (χ3v) is 3.28. The number of methoxy groups -OCH3 is 2. The zero-order valence-electron chi connectivity index (χ0n) is 14.7. The van der Waals surface area contributed by atoms with Crippen molar-refractivity contribution in [2.24, 2.45) is 4.99 Å². The Morgan fingerprint density at radius 2 is 2.04 bits per heavy atom. The number of nitrogens with zero attached hydrogens (tertiary/aromatic N) is 2. The molecule has 0 spiro atoms. The van der Waals surface area contributed by atoms with Crippen LogP contribution in [0.1, 0.15) is 19.4 Å². The normalized spacial score (nSPS) is 12.1. The number of pyridine rings is 1. The van der Waals surface area contributed by atoms with E-state index in [0.717, 1.165) is 5.56 Å².